The first kappa shape index (κ1) is 32.6. The van der Waals surface area contributed by atoms with Gasteiger partial charge in [-0.1, -0.05) is 78.9 Å². The highest BCUT2D eigenvalue weighted by Gasteiger charge is 2.23. The van der Waals surface area contributed by atoms with E-state index in [0.717, 1.165) is 10.5 Å². The van der Waals surface area contributed by atoms with Crippen LogP contribution in [0, 0.1) is 0 Å². The molecule has 0 aliphatic heterocycles. The normalized spacial score (nSPS) is 11.6. The number of carbonyl (C=O) groups excluding carboxylic acids is 3. The van der Waals surface area contributed by atoms with Crippen LogP contribution >= 0.6 is 11.8 Å². The van der Waals surface area contributed by atoms with E-state index in [1.165, 1.54) is 26.0 Å². The second-order valence-corrected chi connectivity index (χ2v) is 11.4. The van der Waals surface area contributed by atoms with E-state index >= 15 is 0 Å². The minimum absolute atomic E-state index is 0.0218. The molecule has 8 nitrogen and oxygen atoms in total. The number of amides is 3. The Morgan fingerprint density at radius 3 is 1.98 bits per heavy atom. The minimum Gasteiger partial charge on any atom is -0.493 e. The van der Waals surface area contributed by atoms with Crippen LogP contribution in [0.3, 0.4) is 0 Å². The standard InChI is InChI=1S/C38H33N3O5S/c1-45-33-22-21-26(24-34(33)46-2)23-32(41-36(42)28-15-8-4-9-16-28)37(43)40-30-19-12-20-31(25-30)47-35(27-13-6-3-7-14-27)38(44)39-29-17-10-5-11-18-29/h3-25,35H,1-2H3,(H,39,44)(H,40,43)(H,41,42)/b32-23+. The zero-order valence-corrected chi connectivity index (χ0v) is 26.6. The number of ether oxygens (including phenoxy) is 2. The highest BCUT2D eigenvalue weighted by molar-refractivity contribution is 8.00. The molecule has 0 saturated heterocycles. The fraction of sp³-hybridized carbons (Fsp3) is 0.0789. The van der Waals surface area contributed by atoms with Crippen LogP contribution in [-0.4, -0.2) is 31.9 Å². The Morgan fingerprint density at radius 1 is 0.660 bits per heavy atom. The Labute approximate surface area is 277 Å². The number of para-hydroxylation sites is 1. The van der Waals surface area contributed by atoms with Gasteiger partial charge in [-0.3, -0.25) is 14.4 Å². The van der Waals surface area contributed by atoms with Gasteiger partial charge in [0, 0.05) is 21.8 Å². The first-order valence-corrected chi connectivity index (χ1v) is 15.6. The molecule has 9 heteroatoms. The van der Waals surface area contributed by atoms with Crippen LogP contribution in [-0.2, 0) is 9.59 Å². The third-order valence-electron chi connectivity index (χ3n) is 6.98. The third-order valence-corrected chi connectivity index (χ3v) is 8.22. The summed E-state index contributed by atoms with van der Waals surface area (Å²) in [5.74, 6) is -0.140. The van der Waals surface area contributed by atoms with E-state index in [0.29, 0.717) is 34.0 Å². The summed E-state index contributed by atoms with van der Waals surface area (Å²) in [5.41, 5.74) is 3.06. The van der Waals surface area contributed by atoms with Gasteiger partial charge in [-0.2, -0.15) is 0 Å². The first-order valence-electron chi connectivity index (χ1n) is 14.7. The maximum atomic E-state index is 13.7. The molecule has 5 aromatic rings. The van der Waals surface area contributed by atoms with Crippen molar-refractivity contribution in [2.45, 2.75) is 10.1 Å². The molecule has 0 radical (unpaired) electrons. The third kappa shape index (κ3) is 8.90. The van der Waals surface area contributed by atoms with Crippen molar-refractivity contribution in [2.75, 3.05) is 24.9 Å². The summed E-state index contributed by atoms with van der Waals surface area (Å²) in [7, 11) is 3.06. The molecule has 1 atom stereocenters. The molecule has 0 spiro atoms. The van der Waals surface area contributed by atoms with Crippen LogP contribution in [0.1, 0.15) is 26.7 Å². The lowest BCUT2D eigenvalue weighted by atomic mass is 10.1. The van der Waals surface area contributed by atoms with Crippen molar-refractivity contribution in [3.63, 3.8) is 0 Å². The van der Waals surface area contributed by atoms with Gasteiger partial charge in [0.1, 0.15) is 10.9 Å². The number of hydrogen-bond acceptors (Lipinski definition) is 6. The highest BCUT2D eigenvalue weighted by Crippen LogP contribution is 2.37. The highest BCUT2D eigenvalue weighted by atomic mass is 32.2. The molecule has 5 rings (SSSR count). The molecule has 236 valence electrons. The molecule has 0 saturated carbocycles. The van der Waals surface area contributed by atoms with E-state index < -0.39 is 17.1 Å². The van der Waals surface area contributed by atoms with Gasteiger partial charge in [-0.15, -0.1) is 11.8 Å². The van der Waals surface area contributed by atoms with E-state index in [9.17, 15) is 14.4 Å². The summed E-state index contributed by atoms with van der Waals surface area (Å²) in [4.78, 5) is 41.1. The van der Waals surface area contributed by atoms with Crippen LogP contribution < -0.4 is 25.4 Å². The van der Waals surface area contributed by atoms with E-state index in [1.54, 1.807) is 66.7 Å². The van der Waals surface area contributed by atoms with Crippen molar-refractivity contribution in [3.05, 3.63) is 156 Å². The fourth-order valence-electron chi connectivity index (χ4n) is 4.66. The zero-order valence-electron chi connectivity index (χ0n) is 25.8. The summed E-state index contributed by atoms with van der Waals surface area (Å²) >= 11 is 1.36. The molecule has 0 aliphatic rings. The summed E-state index contributed by atoms with van der Waals surface area (Å²) in [6, 6.07) is 39.8. The molecule has 0 bridgehead atoms. The molecular weight excluding hydrogens is 611 g/mol. The average molecular weight is 644 g/mol. The van der Waals surface area contributed by atoms with Crippen molar-refractivity contribution in [2.24, 2.45) is 0 Å². The Balaban J connectivity index is 1.40. The van der Waals surface area contributed by atoms with Gasteiger partial charge in [0.15, 0.2) is 11.5 Å². The summed E-state index contributed by atoms with van der Waals surface area (Å²) in [5, 5.41) is 8.09. The molecular formula is C38H33N3O5S. The molecule has 0 aromatic heterocycles. The van der Waals surface area contributed by atoms with Gasteiger partial charge in [-0.05, 0) is 71.8 Å². The molecule has 47 heavy (non-hydrogen) atoms. The van der Waals surface area contributed by atoms with E-state index in [-0.39, 0.29) is 11.6 Å². The quantitative estimate of drug-likeness (QED) is 0.0956. The number of rotatable bonds is 12. The predicted octanol–water partition coefficient (Wildman–Crippen LogP) is 7.59. The largest absolute Gasteiger partial charge is 0.493 e. The van der Waals surface area contributed by atoms with E-state index in [4.69, 9.17) is 9.47 Å². The lowest BCUT2D eigenvalue weighted by Crippen LogP contribution is -2.30. The molecule has 5 aromatic carbocycles. The van der Waals surface area contributed by atoms with Gasteiger partial charge in [0.2, 0.25) is 5.91 Å². The molecule has 3 amide bonds. The Morgan fingerprint density at radius 2 is 1.30 bits per heavy atom. The SMILES string of the molecule is COc1ccc(/C=C(/NC(=O)c2ccccc2)C(=O)Nc2cccc(SC(C(=O)Nc3ccccc3)c3ccccc3)c2)cc1OC. The number of anilines is 2. The average Bonchev–Trinajstić information content (AvgIpc) is 3.11. The van der Waals surface area contributed by atoms with Crippen molar-refractivity contribution < 1.29 is 23.9 Å². The number of thioether (sulfide) groups is 1. The van der Waals surface area contributed by atoms with Gasteiger partial charge < -0.3 is 25.4 Å². The lowest BCUT2D eigenvalue weighted by Gasteiger charge is -2.18. The van der Waals surface area contributed by atoms with E-state index in [1.807, 2.05) is 72.8 Å². The zero-order chi connectivity index (χ0) is 33.0. The predicted molar refractivity (Wildman–Crippen MR) is 187 cm³/mol. The fourth-order valence-corrected chi connectivity index (χ4v) is 5.75. The first-order chi connectivity index (χ1) is 22.9. The van der Waals surface area contributed by atoms with Crippen molar-refractivity contribution in [1.29, 1.82) is 0 Å². The van der Waals surface area contributed by atoms with Crippen LogP contribution in [0.4, 0.5) is 11.4 Å². The van der Waals surface area contributed by atoms with Crippen molar-refractivity contribution >= 4 is 46.9 Å². The van der Waals surface area contributed by atoms with Gasteiger partial charge >= 0.3 is 0 Å². The number of benzene rings is 5. The minimum atomic E-state index is -0.562. The molecule has 0 aliphatic carbocycles. The molecule has 0 fully saturated rings. The Kier molecular flexibility index (Phi) is 11.1. The van der Waals surface area contributed by atoms with Crippen LogP contribution in [0.15, 0.2) is 144 Å². The van der Waals surface area contributed by atoms with Gasteiger partial charge in [0.05, 0.1) is 14.2 Å². The maximum Gasteiger partial charge on any atom is 0.272 e. The molecule has 1 unspecified atom stereocenters. The maximum absolute atomic E-state index is 13.7. The summed E-state index contributed by atoms with van der Waals surface area (Å²) in [6.45, 7) is 0. The second kappa shape index (κ2) is 16.0. The lowest BCUT2D eigenvalue weighted by molar-refractivity contribution is -0.116. The van der Waals surface area contributed by atoms with Crippen LogP contribution in [0.25, 0.3) is 6.08 Å². The smallest absolute Gasteiger partial charge is 0.272 e. The van der Waals surface area contributed by atoms with Crippen molar-refractivity contribution in [3.8, 4) is 11.5 Å². The van der Waals surface area contributed by atoms with Gasteiger partial charge in [0.25, 0.3) is 11.8 Å². The van der Waals surface area contributed by atoms with Crippen LogP contribution in [0.5, 0.6) is 11.5 Å². The number of methoxy groups -OCH3 is 2. The summed E-state index contributed by atoms with van der Waals surface area (Å²) < 4.78 is 10.8. The Bertz CT molecular complexity index is 1870. The summed E-state index contributed by atoms with van der Waals surface area (Å²) in [6.07, 6.45) is 1.57. The number of hydrogen-bond donors (Lipinski definition) is 3. The molecule has 3 N–H and O–H groups in total. The van der Waals surface area contributed by atoms with Crippen LogP contribution in [0.2, 0.25) is 0 Å². The topological polar surface area (TPSA) is 106 Å². The second-order valence-electron chi connectivity index (χ2n) is 10.2. The number of nitrogens with one attached hydrogen (secondary N) is 3. The monoisotopic (exact) mass is 643 g/mol. The van der Waals surface area contributed by atoms with Crippen molar-refractivity contribution in [1.82, 2.24) is 5.32 Å². The molecule has 0 heterocycles. The Hall–Kier alpha value is -5.80. The van der Waals surface area contributed by atoms with E-state index in [2.05, 4.69) is 16.0 Å². The van der Waals surface area contributed by atoms with Gasteiger partial charge in [-0.25, -0.2) is 0 Å². The number of carbonyl (C=O) groups is 3.